The van der Waals surface area contributed by atoms with Gasteiger partial charge >= 0.3 is 0 Å². The molecule has 0 aliphatic rings. The fourth-order valence-electron chi connectivity index (χ4n) is 1.58. The molecule has 3 nitrogen and oxygen atoms in total. The lowest BCUT2D eigenvalue weighted by Gasteiger charge is -2.08. The van der Waals surface area contributed by atoms with Crippen LogP contribution in [0, 0.1) is 6.92 Å². The van der Waals surface area contributed by atoms with E-state index in [4.69, 9.17) is 5.73 Å². The summed E-state index contributed by atoms with van der Waals surface area (Å²) in [5, 5.41) is 2.79. The smallest absolute Gasteiger partial charge is 0.255 e. The van der Waals surface area contributed by atoms with E-state index in [1.54, 1.807) is 12.1 Å². The third-order valence-electron chi connectivity index (χ3n) is 2.49. The molecule has 0 aliphatic carbocycles. The van der Waals surface area contributed by atoms with Crippen molar-refractivity contribution < 1.29 is 4.79 Å². The van der Waals surface area contributed by atoms with Gasteiger partial charge in [-0.15, -0.1) is 0 Å². The van der Waals surface area contributed by atoms with E-state index in [9.17, 15) is 4.79 Å². The number of carbonyl (C=O) groups excluding carboxylic acids is 1. The number of aryl methyl sites for hydroxylation is 1. The summed E-state index contributed by atoms with van der Waals surface area (Å²) >= 11 is 0. The topological polar surface area (TPSA) is 55.1 Å². The van der Waals surface area contributed by atoms with E-state index in [0.717, 1.165) is 5.56 Å². The van der Waals surface area contributed by atoms with E-state index in [1.807, 2.05) is 43.3 Å². The highest BCUT2D eigenvalue weighted by Gasteiger charge is 2.06. The Morgan fingerprint density at radius 3 is 2.47 bits per heavy atom. The molecule has 3 heteroatoms. The van der Waals surface area contributed by atoms with Gasteiger partial charge in [-0.1, -0.05) is 24.3 Å². The summed E-state index contributed by atoms with van der Waals surface area (Å²) in [4.78, 5) is 11.9. The quantitative estimate of drug-likeness (QED) is 0.773. The van der Waals surface area contributed by atoms with Crippen LogP contribution in [0.15, 0.2) is 48.5 Å². The summed E-state index contributed by atoms with van der Waals surface area (Å²) in [5.41, 5.74) is 8.74. The zero-order valence-electron chi connectivity index (χ0n) is 9.60. The molecule has 2 rings (SSSR count). The van der Waals surface area contributed by atoms with Gasteiger partial charge < -0.3 is 11.1 Å². The minimum Gasteiger partial charge on any atom is -0.397 e. The SMILES string of the molecule is Cc1ccc(NC(=O)c2ccccc2)c(N)c1. The van der Waals surface area contributed by atoms with Crippen LogP contribution in [0.3, 0.4) is 0 Å². The van der Waals surface area contributed by atoms with Crippen molar-refractivity contribution in [3.63, 3.8) is 0 Å². The molecule has 1 amide bonds. The predicted molar refractivity (Wildman–Crippen MR) is 70.0 cm³/mol. The maximum Gasteiger partial charge on any atom is 0.255 e. The maximum absolute atomic E-state index is 11.9. The van der Waals surface area contributed by atoms with Gasteiger partial charge in [0.25, 0.3) is 5.91 Å². The van der Waals surface area contributed by atoms with E-state index >= 15 is 0 Å². The fraction of sp³-hybridized carbons (Fsp3) is 0.0714. The van der Waals surface area contributed by atoms with E-state index < -0.39 is 0 Å². The number of nitrogens with one attached hydrogen (secondary N) is 1. The molecule has 0 heterocycles. The maximum atomic E-state index is 11.9. The molecule has 0 bridgehead atoms. The third kappa shape index (κ3) is 2.64. The van der Waals surface area contributed by atoms with Gasteiger partial charge in [-0.3, -0.25) is 4.79 Å². The van der Waals surface area contributed by atoms with Gasteiger partial charge in [-0.05, 0) is 36.8 Å². The number of nitrogens with two attached hydrogens (primary N) is 1. The first-order valence-electron chi connectivity index (χ1n) is 5.39. The van der Waals surface area contributed by atoms with Crippen LogP contribution in [0.1, 0.15) is 15.9 Å². The molecule has 0 saturated carbocycles. The molecular weight excluding hydrogens is 212 g/mol. The lowest BCUT2D eigenvalue weighted by Crippen LogP contribution is -2.12. The van der Waals surface area contributed by atoms with Gasteiger partial charge in [-0.2, -0.15) is 0 Å². The Kier molecular flexibility index (Phi) is 3.10. The van der Waals surface area contributed by atoms with Crippen molar-refractivity contribution in [1.82, 2.24) is 0 Å². The van der Waals surface area contributed by atoms with Gasteiger partial charge in [-0.25, -0.2) is 0 Å². The highest BCUT2D eigenvalue weighted by molar-refractivity contribution is 6.05. The molecule has 3 N–H and O–H groups in total. The van der Waals surface area contributed by atoms with Crippen molar-refractivity contribution in [2.24, 2.45) is 0 Å². The molecule has 17 heavy (non-hydrogen) atoms. The zero-order chi connectivity index (χ0) is 12.3. The van der Waals surface area contributed by atoms with Crippen molar-refractivity contribution in [2.75, 3.05) is 11.1 Å². The molecule has 2 aromatic carbocycles. The minimum absolute atomic E-state index is 0.152. The molecule has 86 valence electrons. The molecule has 0 radical (unpaired) electrons. The lowest BCUT2D eigenvalue weighted by molar-refractivity contribution is 0.102. The van der Waals surface area contributed by atoms with E-state index in [2.05, 4.69) is 5.32 Å². The number of rotatable bonds is 2. The number of hydrogen-bond acceptors (Lipinski definition) is 2. The largest absolute Gasteiger partial charge is 0.397 e. The average molecular weight is 226 g/mol. The van der Waals surface area contributed by atoms with Crippen LogP contribution in [0.2, 0.25) is 0 Å². The van der Waals surface area contributed by atoms with Gasteiger partial charge in [0.1, 0.15) is 0 Å². The van der Waals surface area contributed by atoms with Crippen LogP contribution in [-0.2, 0) is 0 Å². The Morgan fingerprint density at radius 2 is 1.82 bits per heavy atom. The average Bonchev–Trinajstić information content (AvgIpc) is 2.34. The summed E-state index contributed by atoms with van der Waals surface area (Å²) in [6.45, 7) is 1.96. The Balaban J connectivity index is 2.19. The van der Waals surface area contributed by atoms with Gasteiger partial charge in [0.2, 0.25) is 0 Å². The van der Waals surface area contributed by atoms with Crippen LogP contribution in [0.25, 0.3) is 0 Å². The van der Waals surface area contributed by atoms with Crippen LogP contribution in [-0.4, -0.2) is 5.91 Å². The standard InChI is InChI=1S/C14H14N2O/c1-10-7-8-13(12(15)9-10)16-14(17)11-5-3-2-4-6-11/h2-9H,15H2,1H3,(H,16,17). The molecule has 0 aromatic heterocycles. The summed E-state index contributed by atoms with van der Waals surface area (Å²) in [6, 6.07) is 14.6. The highest BCUT2D eigenvalue weighted by atomic mass is 16.1. The van der Waals surface area contributed by atoms with Crippen LogP contribution in [0.4, 0.5) is 11.4 Å². The summed E-state index contributed by atoms with van der Waals surface area (Å²) in [6.07, 6.45) is 0. The summed E-state index contributed by atoms with van der Waals surface area (Å²) in [5.74, 6) is -0.152. The Morgan fingerprint density at radius 1 is 1.12 bits per heavy atom. The van der Waals surface area contributed by atoms with Crippen LogP contribution in [0.5, 0.6) is 0 Å². The summed E-state index contributed by atoms with van der Waals surface area (Å²) in [7, 11) is 0. The highest BCUT2D eigenvalue weighted by Crippen LogP contribution is 2.20. The molecule has 0 spiro atoms. The summed E-state index contributed by atoms with van der Waals surface area (Å²) < 4.78 is 0. The van der Waals surface area contributed by atoms with Gasteiger partial charge in [0.05, 0.1) is 11.4 Å². The molecule has 0 atom stereocenters. The van der Waals surface area contributed by atoms with Crippen molar-refractivity contribution in [1.29, 1.82) is 0 Å². The predicted octanol–water partition coefficient (Wildman–Crippen LogP) is 2.83. The second-order valence-electron chi connectivity index (χ2n) is 3.91. The van der Waals surface area contributed by atoms with Crippen molar-refractivity contribution in [3.05, 3.63) is 59.7 Å². The van der Waals surface area contributed by atoms with Crippen molar-refractivity contribution in [3.8, 4) is 0 Å². The minimum atomic E-state index is -0.152. The number of amides is 1. The first kappa shape index (κ1) is 11.2. The Hall–Kier alpha value is -2.29. The molecule has 2 aromatic rings. The lowest BCUT2D eigenvalue weighted by atomic mass is 10.1. The normalized spacial score (nSPS) is 9.94. The molecule has 0 aliphatic heterocycles. The second-order valence-corrected chi connectivity index (χ2v) is 3.91. The number of nitrogen functional groups attached to an aromatic ring is 1. The van der Waals surface area contributed by atoms with Gasteiger partial charge in [0, 0.05) is 5.56 Å². The van der Waals surface area contributed by atoms with Crippen molar-refractivity contribution in [2.45, 2.75) is 6.92 Å². The molecule has 0 unspecified atom stereocenters. The third-order valence-corrected chi connectivity index (χ3v) is 2.49. The number of hydrogen-bond donors (Lipinski definition) is 2. The zero-order valence-corrected chi connectivity index (χ0v) is 9.60. The second kappa shape index (κ2) is 4.70. The van der Waals surface area contributed by atoms with Crippen LogP contribution >= 0.6 is 0 Å². The van der Waals surface area contributed by atoms with Crippen LogP contribution < -0.4 is 11.1 Å². The molecular formula is C14H14N2O. The first-order valence-corrected chi connectivity index (χ1v) is 5.39. The Labute approximate surface area is 100 Å². The first-order chi connectivity index (χ1) is 8.16. The molecule has 0 saturated heterocycles. The fourth-order valence-corrected chi connectivity index (χ4v) is 1.58. The number of carbonyl (C=O) groups is 1. The van der Waals surface area contributed by atoms with Crippen molar-refractivity contribution >= 4 is 17.3 Å². The number of anilines is 2. The molecule has 0 fully saturated rings. The Bertz CT molecular complexity index is 535. The number of benzene rings is 2. The monoisotopic (exact) mass is 226 g/mol. The van der Waals surface area contributed by atoms with Gasteiger partial charge in [0.15, 0.2) is 0 Å². The van der Waals surface area contributed by atoms with E-state index in [0.29, 0.717) is 16.9 Å². The van der Waals surface area contributed by atoms with E-state index in [-0.39, 0.29) is 5.91 Å². The van der Waals surface area contributed by atoms with E-state index in [1.165, 1.54) is 0 Å².